The molecule has 0 heterocycles. The zero-order valence-corrected chi connectivity index (χ0v) is 25.7. The van der Waals surface area contributed by atoms with Gasteiger partial charge in [-0.3, -0.25) is 13.9 Å². The second-order valence-electron chi connectivity index (χ2n) is 10.4. The number of aryl methyl sites for hydroxylation is 1. The predicted octanol–water partition coefficient (Wildman–Crippen LogP) is 5.31. The predicted molar refractivity (Wildman–Crippen MR) is 162 cm³/mol. The Balaban J connectivity index is 2.06. The molecule has 1 unspecified atom stereocenters. The fourth-order valence-electron chi connectivity index (χ4n) is 4.45. The first-order chi connectivity index (χ1) is 20.0. The molecular formula is C32H40FN3O5S. The molecule has 10 heteroatoms. The number of rotatable bonds is 14. The van der Waals surface area contributed by atoms with E-state index in [-0.39, 0.29) is 29.0 Å². The van der Waals surface area contributed by atoms with E-state index in [1.165, 1.54) is 4.90 Å². The van der Waals surface area contributed by atoms with E-state index >= 15 is 0 Å². The highest BCUT2D eigenvalue weighted by Gasteiger charge is 2.34. The summed E-state index contributed by atoms with van der Waals surface area (Å²) in [5.74, 6) is -0.685. The summed E-state index contributed by atoms with van der Waals surface area (Å²) in [7, 11) is -4.30. The van der Waals surface area contributed by atoms with E-state index in [1.54, 1.807) is 24.3 Å². The first kappa shape index (κ1) is 32.6. The summed E-state index contributed by atoms with van der Waals surface area (Å²) < 4.78 is 48.0. The van der Waals surface area contributed by atoms with Gasteiger partial charge in [0, 0.05) is 13.1 Å². The first-order valence-electron chi connectivity index (χ1n) is 14.1. The summed E-state index contributed by atoms with van der Waals surface area (Å²) in [5, 5.41) is 2.92. The van der Waals surface area contributed by atoms with Crippen molar-refractivity contribution in [1.29, 1.82) is 0 Å². The third-order valence-electron chi connectivity index (χ3n) is 6.79. The maximum absolute atomic E-state index is 14.1. The molecule has 0 saturated carbocycles. The SMILES string of the molecule is CCOc1ccc(N(CC(=O)N(Cc2ccccc2C)C(CC)C(=O)NCC(C)C)S(=O)(=O)c2ccc(F)cc2)cc1. The molecular weight excluding hydrogens is 557 g/mol. The highest BCUT2D eigenvalue weighted by molar-refractivity contribution is 7.92. The largest absolute Gasteiger partial charge is 0.494 e. The molecule has 1 atom stereocenters. The fourth-order valence-corrected chi connectivity index (χ4v) is 5.87. The quantitative estimate of drug-likeness (QED) is 0.272. The van der Waals surface area contributed by atoms with Crippen LogP contribution in [0.1, 0.15) is 45.2 Å². The number of sulfonamides is 1. The van der Waals surface area contributed by atoms with Gasteiger partial charge in [-0.15, -0.1) is 0 Å². The van der Waals surface area contributed by atoms with Crippen LogP contribution in [-0.4, -0.2) is 50.9 Å². The molecule has 0 aliphatic heterocycles. The van der Waals surface area contributed by atoms with Crippen molar-refractivity contribution in [2.24, 2.45) is 5.92 Å². The summed E-state index contributed by atoms with van der Waals surface area (Å²) in [4.78, 5) is 28.7. The number of nitrogens with zero attached hydrogens (tertiary/aromatic N) is 2. The molecule has 3 rings (SSSR count). The molecule has 0 bridgehead atoms. The number of nitrogens with one attached hydrogen (secondary N) is 1. The Morgan fingerprint density at radius 3 is 2.17 bits per heavy atom. The number of hydrogen-bond acceptors (Lipinski definition) is 5. The van der Waals surface area contributed by atoms with Crippen molar-refractivity contribution in [3.63, 3.8) is 0 Å². The van der Waals surface area contributed by atoms with Gasteiger partial charge in [0.25, 0.3) is 10.0 Å². The summed E-state index contributed by atoms with van der Waals surface area (Å²) >= 11 is 0. The van der Waals surface area contributed by atoms with Crippen LogP contribution in [0, 0.1) is 18.7 Å². The van der Waals surface area contributed by atoms with Crippen molar-refractivity contribution >= 4 is 27.5 Å². The molecule has 0 spiro atoms. The molecule has 2 amide bonds. The Bertz CT molecular complexity index is 1440. The van der Waals surface area contributed by atoms with Gasteiger partial charge < -0.3 is 15.0 Å². The Labute approximate surface area is 248 Å². The van der Waals surface area contributed by atoms with Crippen LogP contribution in [0.3, 0.4) is 0 Å². The van der Waals surface area contributed by atoms with Gasteiger partial charge in [0.1, 0.15) is 24.2 Å². The number of ether oxygens (including phenoxy) is 1. The average Bonchev–Trinajstić information content (AvgIpc) is 2.96. The van der Waals surface area contributed by atoms with Crippen LogP contribution in [-0.2, 0) is 26.2 Å². The van der Waals surface area contributed by atoms with Crippen molar-refractivity contribution in [3.8, 4) is 5.75 Å². The molecule has 0 radical (unpaired) electrons. The summed E-state index contributed by atoms with van der Waals surface area (Å²) in [6.07, 6.45) is 0.329. The van der Waals surface area contributed by atoms with Crippen LogP contribution in [0.2, 0.25) is 0 Å². The molecule has 3 aromatic carbocycles. The van der Waals surface area contributed by atoms with Gasteiger partial charge in [-0.1, -0.05) is 45.0 Å². The van der Waals surface area contributed by atoms with Crippen molar-refractivity contribution in [1.82, 2.24) is 10.2 Å². The molecule has 0 aliphatic carbocycles. The number of halogens is 1. The van der Waals surface area contributed by atoms with Gasteiger partial charge in [0.05, 0.1) is 17.2 Å². The van der Waals surface area contributed by atoms with E-state index in [1.807, 2.05) is 58.9 Å². The van der Waals surface area contributed by atoms with E-state index < -0.39 is 34.3 Å². The zero-order chi connectivity index (χ0) is 30.9. The Kier molecular flexibility index (Phi) is 11.5. The fraction of sp³-hybridized carbons (Fsp3) is 0.375. The lowest BCUT2D eigenvalue weighted by Gasteiger charge is -2.33. The number of hydrogen-bond donors (Lipinski definition) is 1. The van der Waals surface area contributed by atoms with Gasteiger partial charge in [-0.25, -0.2) is 12.8 Å². The van der Waals surface area contributed by atoms with Crippen LogP contribution < -0.4 is 14.4 Å². The van der Waals surface area contributed by atoms with E-state index in [0.29, 0.717) is 25.3 Å². The van der Waals surface area contributed by atoms with Gasteiger partial charge in [0.15, 0.2) is 0 Å². The third-order valence-corrected chi connectivity index (χ3v) is 8.58. The molecule has 8 nitrogen and oxygen atoms in total. The number of amides is 2. The molecule has 1 N–H and O–H groups in total. The molecule has 42 heavy (non-hydrogen) atoms. The second kappa shape index (κ2) is 14.8. The van der Waals surface area contributed by atoms with Gasteiger partial charge in [-0.05, 0) is 85.8 Å². The first-order valence-corrected chi connectivity index (χ1v) is 15.5. The second-order valence-corrected chi connectivity index (χ2v) is 12.3. The maximum Gasteiger partial charge on any atom is 0.264 e. The van der Waals surface area contributed by atoms with Crippen molar-refractivity contribution in [2.45, 2.75) is 58.5 Å². The van der Waals surface area contributed by atoms with Crippen molar-refractivity contribution < 1.29 is 27.1 Å². The number of anilines is 1. The van der Waals surface area contributed by atoms with E-state index in [2.05, 4.69) is 5.32 Å². The summed E-state index contributed by atoms with van der Waals surface area (Å²) in [6, 6.07) is 17.5. The van der Waals surface area contributed by atoms with Crippen LogP contribution >= 0.6 is 0 Å². The lowest BCUT2D eigenvalue weighted by Crippen LogP contribution is -2.52. The topological polar surface area (TPSA) is 96.0 Å². The summed E-state index contributed by atoms with van der Waals surface area (Å²) in [6.45, 7) is 9.95. The van der Waals surface area contributed by atoms with Gasteiger partial charge in [0.2, 0.25) is 11.8 Å². The lowest BCUT2D eigenvalue weighted by molar-refractivity contribution is -0.140. The van der Waals surface area contributed by atoms with Crippen LogP contribution in [0.15, 0.2) is 77.7 Å². The Morgan fingerprint density at radius 1 is 0.952 bits per heavy atom. The van der Waals surface area contributed by atoms with Crippen LogP contribution in [0.25, 0.3) is 0 Å². The smallest absolute Gasteiger partial charge is 0.264 e. The van der Waals surface area contributed by atoms with Crippen molar-refractivity contribution in [3.05, 3.63) is 89.7 Å². The molecule has 226 valence electrons. The van der Waals surface area contributed by atoms with E-state index in [0.717, 1.165) is 39.7 Å². The molecule has 3 aromatic rings. The van der Waals surface area contributed by atoms with E-state index in [4.69, 9.17) is 4.74 Å². The number of carbonyl (C=O) groups excluding carboxylic acids is 2. The summed E-state index contributed by atoms with van der Waals surface area (Å²) in [5.41, 5.74) is 2.01. The minimum atomic E-state index is -4.30. The molecule has 0 saturated heterocycles. The monoisotopic (exact) mass is 597 g/mol. The third kappa shape index (κ3) is 8.31. The average molecular weight is 598 g/mol. The highest BCUT2D eigenvalue weighted by atomic mass is 32.2. The van der Waals surface area contributed by atoms with Crippen molar-refractivity contribution in [2.75, 3.05) is 24.0 Å². The minimum Gasteiger partial charge on any atom is -0.494 e. The lowest BCUT2D eigenvalue weighted by atomic mass is 10.1. The minimum absolute atomic E-state index is 0.118. The normalized spacial score (nSPS) is 12.1. The maximum atomic E-state index is 14.1. The van der Waals surface area contributed by atoms with Crippen LogP contribution in [0.5, 0.6) is 5.75 Å². The molecule has 0 aliphatic rings. The molecule has 0 aromatic heterocycles. The van der Waals surface area contributed by atoms with E-state index in [9.17, 15) is 22.4 Å². The highest BCUT2D eigenvalue weighted by Crippen LogP contribution is 2.27. The van der Waals surface area contributed by atoms with Crippen LogP contribution in [0.4, 0.5) is 10.1 Å². The Hall–Kier alpha value is -3.92. The van der Waals surface area contributed by atoms with Gasteiger partial charge >= 0.3 is 0 Å². The molecule has 0 fully saturated rings. The number of carbonyl (C=O) groups is 2. The van der Waals surface area contributed by atoms with Gasteiger partial charge in [-0.2, -0.15) is 0 Å². The Morgan fingerprint density at radius 2 is 1.60 bits per heavy atom. The standard InChI is InChI=1S/C32H40FN3O5S/c1-6-30(32(38)34-20-23(3)4)35(21-25-11-9-8-10-24(25)5)31(37)22-36(27-14-16-28(17-15-27)41-7-2)42(39,40)29-18-12-26(33)13-19-29/h8-19,23,30H,6-7,20-22H2,1-5H3,(H,34,38). The zero-order valence-electron chi connectivity index (χ0n) is 24.8. The number of benzene rings is 3.